The number of aromatic nitrogens is 2. The highest BCUT2D eigenvalue weighted by Crippen LogP contribution is 2.37. The van der Waals surface area contributed by atoms with Crippen LogP contribution in [0.1, 0.15) is 18.5 Å². The maximum Gasteiger partial charge on any atom is 0.431 e. The number of hydrogen-bond donors (Lipinski definition) is 2. The van der Waals surface area contributed by atoms with Gasteiger partial charge in [-0.05, 0) is 37.1 Å². The number of ether oxygens (including phenoxy) is 1. The predicted octanol–water partition coefficient (Wildman–Crippen LogP) is 3.77. The molecule has 0 amide bonds. The van der Waals surface area contributed by atoms with Crippen molar-refractivity contribution >= 4 is 32.4 Å². The maximum atomic E-state index is 13.0. The largest absolute Gasteiger partial charge is 0.431 e. The zero-order valence-electron chi connectivity index (χ0n) is 14.4. The molecule has 0 saturated carbocycles. The first-order valence-corrected chi connectivity index (χ1v) is 10.8. The van der Waals surface area contributed by atoms with Crippen molar-refractivity contribution in [2.45, 2.75) is 29.3 Å². The molecule has 4 rings (SSSR count). The van der Waals surface area contributed by atoms with Gasteiger partial charge in [0.2, 0.25) is 10.0 Å². The van der Waals surface area contributed by atoms with Crippen LogP contribution in [-0.4, -0.2) is 37.6 Å². The molecule has 11 heteroatoms. The molecule has 4 heterocycles. The first-order chi connectivity index (χ1) is 13.2. The second-order valence-electron chi connectivity index (χ2n) is 6.43. The molecule has 0 aromatic carbocycles. The van der Waals surface area contributed by atoms with Crippen LogP contribution in [0.5, 0.6) is 0 Å². The summed E-state index contributed by atoms with van der Waals surface area (Å²) < 4.78 is 72.3. The van der Waals surface area contributed by atoms with Crippen molar-refractivity contribution in [2.75, 3.05) is 13.2 Å². The number of alkyl halides is 3. The zero-order chi connectivity index (χ0) is 19.9. The average Bonchev–Trinajstić information content (AvgIpc) is 3.29. The van der Waals surface area contributed by atoms with Gasteiger partial charge in [0, 0.05) is 41.3 Å². The van der Waals surface area contributed by atoms with Gasteiger partial charge >= 0.3 is 6.18 Å². The number of thiophene rings is 1. The molecule has 2 N–H and O–H groups in total. The molecule has 28 heavy (non-hydrogen) atoms. The SMILES string of the molecule is O=S(=O)(NC1CCOCC1)c1ccc(-c2ccnc3[nH]c(C(F)(F)F)cc23)s1. The van der Waals surface area contributed by atoms with E-state index < -0.39 is 21.9 Å². The van der Waals surface area contributed by atoms with Crippen molar-refractivity contribution in [1.29, 1.82) is 0 Å². The number of nitrogens with zero attached hydrogens (tertiary/aromatic N) is 1. The van der Waals surface area contributed by atoms with E-state index >= 15 is 0 Å². The fourth-order valence-electron chi connectivity index (χ4n) is 3.10. The summed E-state index contributed by atoms with van der Waals surface area (Å²) in [4.78, 5) is 6.75. The molecule has 0 radical (unpaired) electrons. The third-order valence-electron chi connectivity index (χ3n) is 4.49. The van der Waals surface area contributed by atoms with Crippen LogP contribution in [0.2, 0.25) is 0 Å². The molecule has 1 aliphatic rings. The van der Waals surface area contributed by atoms with Crippen molar-refractivity contribution in [3.8, 4) is 10.4 Å². The van der Waals surface area contributed by atoms with E-state index in [4.69, 9.17) is 4.74 Å². The number of H-pyrrole nitrogens is 1. The van der Waals surface area contributed by atoms with Gasteiger partial charge in [-0.15, -0.1) is 11.3 Å². The summed E-state index contributed by atoms with van der Waals surface area (Å²) in [6.45, 7) is 1.01. The van der Waals surface area contributed by atoms with Crippen molar-refractivity contribution in [3.05, 3.63) is 36.2 Å². The Balaban J connectivity index is 1.66. The predicted molar refractivity (Wildman–Crippen MR) is 98.6 cm³/mol. The Bertz CT molecular complexity index is 1100. The van der Waals surface area contributed by atoms with E-state index in [-0.39, 0.29) is 21.3 Å². The van der Waals surface area contributed by atoms with Gasteiger partial charge in [0.1, 0.15) is 15.6 Å². The number of pyridine rings is 1. The molecule has 150 valence electrons. The third-order valence-corrected chi connectivity index (χ3v) is 7.62. The summed E-state index contributed by atoms with van der Waals surface area (Å²) in [7, 11) is -3.71. The normalized spacial score (nSPS) is 16.7. The Morgan fingerprint density at radius 1 is 1.21 bits per heavy atom. The lowest BCUT2D eigenvalue weighted by Crippen LogP contribution is -2.38. The second-order valence-corrected chi connectivity index (χ2v) is 9.45. The van der Waals surface area contributed by atoms with E-state index in [1.165, 1.54) is 12.3 Å². The van der Waals surface area contributed by atoms with E-state index in [1.54, 1.807) is 12.1 Å². The summed E-state index contributed by atoms with van der Waals surface area (Å²) in [5.41, 5.74) is -0.301. The number of nitrogens with one attached hydrogen (secondary N) is 2. The van der Waals surface area contributed by atoms with Gasteiger partial charge in [-0.3, -0.25) is 0 Å². The van der Waals surface area contributed by atoms with Crippen LogP contribution in [0.4, 0.5) is 13.2 Å². The van der Waals surface area contributed by atoms with Crippen LogP contribution in [0.3, 0.4) is 0 Å². The van der Waals surface area contributed by atoms with E-state index in [9.17, 15) is 21.6 Å². The van der Waals surface area contributed by atoms with Crippen molar-refractivity contribution in [2.24, 2.45) is 0 Å². The minimum atomic E-state index is -4.52. The number of aromatic amines is 1. The van der Waals surface area contributed by atoms with Gasteiger partial charge in [-0.1, -0.05) is 0 Å². The fraction of sp³-hybridized carbons (Fsp3) is 0.353. The van der Waals surface area contributed by atoms with Gasteiger partial charge < -0.3 is 9.72 Å². The molecular formula is C17H16F3N3O3S2. The summed E-state index contributed by atoms with van der Waals surface area (Å²) >= 11 is 1.01. The van der Waals surface area contributed by atoms with Crippen LogP contribution < -0.4 is 4.72 Å². The summed E-state index contributed by atoms with van der Waals surface area (Å²) in [6, 6.07) is 5.44. The van der Waals surface area contributed by atoms with Crippen LogP contribution in [0, 0.1) is 0 Å². The Morgan fingerprint density at radius 3 is 2.68 bits per heavy atom. The third kappa shape index (κ3) is 3.79. The molecule has 0 aliphatic carbocycles. The Hall–Kier alpha value is -1.95. The molecule has 1 saturated heterocycles. The monoisotopic (exact) mass is 431 g/mol. The van der Waals surface area contributed by atoms with Gasteiger partial charge in [-0.2, -0.15) is 13.2 Å². The number of halogens is 3. The van der Waals surface area contributed by atoms with E-state index in [0.717, 1.165) is 17.4 Å². The topological polar surface area (TPSA) is 84.1 Å². The quantitative estimate of drug-likeness (QED) is 0.659. The second kappa shape index (κ2) is 7.14. The van der Waals surface area contributed by atoms with Crippen LogP contribution in [0.25, 0.3) is 21.5 Å². The van der Waals surface area contributed by atoms with Gasteiger partial charge in [0.15, 0.2) is 0 Å². The Labute approximate surface area is 162 Å². The number of rotatable bonds is 4. The van der Waals surface area contributed by atoms with Crippen LogP contribution in [0.15, 0.2) is 34.7 Å². The summed E-state index contributed by atoms with van der Waals surface area (Å²) in [5, 5.41) is 0.290. The van der Waals surface area contributed by atoms with Crippen molar-refractivity contribution in [3.63, 3.8) is 0 Å². The zero-order valence-corrected chi connectivity index (χ0v) is 16.0. The lowest BCUT2D eigenvalue weighted by molar-refractivity contribution is -0.140. The van der Waals surface area contributed by atoms with Crippen molar-refractivity contribution in [1.82, 2.24) is 14.7 Å². The molecule has 6 nitrogen and oxygen atoms in total. The molecule has 0 unspecified atom stereocenters. The average molecular weight is 431 g/mol. The minimum Gasteiger partial charge on any atom is -0.381 e. The molecule has 3 aromatic rings. The Kier molecular flexibility index (Phi) is 4.94. The van der Waals surface area contributed by atoms with Crippen molar-refractivity contribution < 1.29 is 26.3 Å². The highest BCUT2D eigenvalue weighted by molar-refractivity contribution is 7.91. The van der Waals surface area contributed by atoms with Gasteiger partial charge in [0.05, 0.1) is 0 Å². The Morgan fingerprint density at radius 2 is 1.96 bits per heavy atom. The maximum absolute atomic E-state index is 13.0. The van der Waals surface area contributed by atoms with Gasteiger partial charge in [0.25, 0.3) is 0 Å². The van der Waals surface area contributed by atoms with E-state index in [1.807, 2.05) is 0 Å². The summed E-state index contributed by atoms with van der Waals surface area (Å²) in [6.07, 6.45) is -1.92. The van der Waals surface area contributed by atoms with E-state index in [0.29, 0.717) is 36.5 Å². The van der Waals surface area contributed by atoms with E-state index in [2.05, 4.69) is 14.7 Å². The number of hydrogen-bond acceptors (Lipinski definition) is 5. The summed E-state index contributed by atoms with van der Waals surface area (Å²) in [5.74, 6) is 0. The minimum absolute atomic E-state index is 0.1000. The number of sulfonamides is 1. The molecule has 0 spiro atoms. The standard InChI is InChI=1S/C17H16F3N3O3S2/c18-17(19,20)14-9-12-11(3-6-21-16(12)22-14)13-1-2-15(27-13)28(24,25)23-10-4-7-26-8-5-10/h1-3,6,9-10,23H,4-5,7-8H2,(H,21,22). The molecule has 3 aromatic heterocycles. The molecule has 1 fully saturated rings. The van der Waals surface area contributed by atoms with Crippen LogP contribution >= 0.6 is 11.3 Å². The lowest BCUT2D eigenvalue weighted by atomic mass is 10.1. The van der Waals surface area contributed by atoms with Gasteiger partial charge in [-0.25, -0.2) is 18.1 Å². The molecule has 1 aliphatic heterocycles. The van der Waals surface area contributed by atoms with Crippen LogP contribution in [-0.2, 0) is 20.9 Å². The smallest absolute Gasteiger partial charge is 0.381 e. The highest BCUT2D eigenvalue weighted by atomic mass is 32.2. The first-order valence-electron chi connectivity index (χ1n) is 8.49. The molecule has 0 bridgehead atoms. The molecular weight excluding hydrogens is 415 g/mol. The lowest BCUT2D eigenvalue weighted by Gasteiger charge is -2.22. The molecule has 0 atom stereocenters. The first kappa shape index (κ1) is 19.4. The highest BCUT2D eigenvalue weighted by Gasteiger charge is 2.33. The fourth-order valence-corrected chi connectivity index (χ4v) is 5.76. The number of fused-ring (bicyclic) bond motifs is 1.